The number of amides is 3. The van der Waals surface area contributed by atoms with Crippen LogP contribution in [-0.4, -0.2) is 47.8 Å². The van der Waals surface area contributed by atoms with Gasteiger partial charge in [-0.2, -0.15) is 5.26 Å². The van der Waals surface area contributed by atoms with Crippen LogP contribution in [0, 0.1) is 11.3 Å². The zero-order valence-electron chi connectivity index (χ0n) is 13.8. The molecule has 0 bridgehead atoms. The third-order valence-corrected chi connectivity index (χ3v) is 4.68. The second-order valence-corrected chi connectivity index (χ2v) is 6.43. The molecule has 2 aliphatic heterocycles. The van der Waals surface area contributed by atoms with Gasteiger partial charge < -0.3 is 15.5 Å². The van der Waals surface area contributed by atoms with E-state index in [0.717, 1.165) is 0 Å². The molecule has 0 radical (unpaired) electrons. The molecular weight excluding hydrogens is 320 g/mol. The van der Waals surface area contributed by atoms with Crippen molar-refractivity contribution in [1.82, 2.24) is 15.5 Å². The van der Waals surface area contributed by atoms with Crippen molar-refractivity contribution in [2.24, 2.45) is 0 Å². The predicted octanol–water partition coefficient (Wildman–Crippen LogP) is 0.558. The maximum Gasteiger partial charge on any atom is 0.253 e. The average molecular weight is 340 g/mol. The van der Waals surface area contributed by atoms with E-state index in [0.29, 0.717) is 49.9 Å². The van der Waals surface area contributed by atoms with Crippen LogP contribution >= 0.6 is 0 Å². The lowest BCUT2D eigenvalue weighted by atomic mass is 10.0. The third-order valence-electron chi connectivity index (χ3n) is 4.68. The van der Waals surface area contributed by atoms with Crippen molar-refractivity contribution in [3.05, 3.63) is 35.4 Å². The number of rotatable bonds is 3. The van der Waals surface area contributed by atoms with Gasteiger partial charge in [-0.05, 0) is 37.5 Å². The van der Waals surface area contributed by atoms with E-state index in [2.05, 4.69) is 10.6 Å². The second-order valence-electron chi connectivity index (χ2n) is 6.43. The molecule has 0 saturated carbocycles. The van der Waals surface area contributed by atoms with Crippen LogP contribution in [0.4, 0.5) is 0 Å². The average Bonchev–Trinajstić information content (AvgIpc) is 3.08. The minimum atomic E-state index is -0.430. The molecule has 0 aromatic heterocycles. The van der Waals surface area contributed by atoms with Crippen LogP contribution in [-0.2, 0) is 9.59 Å². The van der Waals surface area contributed by atoms with E-state index >= 15 is 0 Å². The fourth-order valence-corrected chi connectivity index (χ4v) is 3.24. The van der Waals surface area contributed by atoms with E-state index in [9.17, 15) is 14.4 Å². The standard InChI is InChI=1S/C18H20N4O3/c19-11-12-2-1-3-13(10-12)18(25)22-8-6-14(7-9-22)20-17(24)15-4-5-16(23)21-15/h1-3,10,14-15H,4-9H2,(H,20,24)(H,21,23). The molecule has 1 atom stereocenters. The van der Waals surface area contributed by atoms with E-state index in [1.807, 2.05) is 6.07 Å². The van der Waals surface area contributed by atoms with Crippen LogP contribution in [0.5, 0.6) is 0 Å². The summed E-state index contributed by atoms with van der Waals surface area (Å²) in [5.41, 5.74) is 0.974. The van der Waals surface area contributed by atoms with Gasteiger partial charge in [-0.1, -0.05) is 6.07 Å². The molecule has 1 aromatic rings. The van der Waals surface area contributed by atoms with Crippen molar-refractivity contribution < 1.29 is 14.4 Å². The Labute approximate surface area is 146 Å². The fraction of sp³-hybridized carbons (Fsp3) is 0.444. The highest BCUT2D eigenvalue weighted by Gasteiger charge is 2.30. The summed E-state index contributed by atoms with van der Waals surface area (Å²) in [6.45, 7) is 1.11. The van der Waals surface area contributed by atoms with E-state index in [1.54, 1.807) is 29.2 Å². The van der Waals surface area contributed by atoms with Gasteiger partial charge in [-0.25, -0.2) is 0 Å². The third kappa shape index (κ3) is 3.97. The van der Waals surface area contributed by atoms with Crippen LogP contribution in [0.2, 0.25) is 0 Å². The predicted molar refractivity (Wildman–Crippen MR) is 89.4 cm³/mol. The number of benzene rings is 1. The highest BCUT2D eigenvalue weighted by atomic mass is 16.2. The Morgan fingerprint density at radius 1 is 1.24 bits per heavy atom. The molecule has 7 heteroatoms. The van der Waals surface area contributed by atoms with Gasteiger partial charge >= 0.3 is 0 Å². The number of piperidine rings is 1. The summed E-state index contributed by atoms with van der Waals surface area (Å²) in [5, 5.41) is 14.6. The lowest BCUT2D eigenvalue weighted by Crippen LogP contribution is -2.50. The Morgan fingerprint density at radius 2 is 2.00 bits per heavy atom. The van der Waals surface area contributed by atoms with Crippen molar-refractivity contribution >= 4 is 17.7 Å². The minimum Gasteiger partial charge on any atom is -0.351 e. The van der Waals surface area contributed by atoms with Crippen molar-refractivity contribution in [2.45, 2.75) is 37.8 Å². The van der Waals surface area contributed by atoms with Gasteiger partial charge in [-0.3, -0.25) is 14.4 Å². The number of carbonyl (C=O) groups excluding carboxylic acids is 3. The van der Waals surface area contributed by atoms with Gasteiger partial charge in [0.25, 0.3) is 5.91 Å². The molecule has 1 unspecified atom stereocenters. The molecule has 3 amide bonds. The zero-order valence-corrected chi connectivity index (χ0v) is 13.8. The molecule has 2 fully saturated rings. The Bertz CT molecular complexity index is 732. The maximum atomic E-state index is 12.5. The first-order chi connectivity index (χ1) is 12.1. The summed E-state index contributed by atoms with van der Waals surface area (Å²) in [6.07, 6.45) is 2.29. The highest BCUT2D eigenvalue weighted by Crippen LogP contribution is 2.16. The first kappa shape index (κ1) is 17.0. The number of hydrogen-bond acceptors (Lipinski definition) is 4. The number of nitriles is 1. The number of carbonyl (C=O) groups is 3. The Balaban J connectivity index is 1.51. The highest BCUT2D eigenvalue weighted by molar-refractivity contribution is 5.94. The van der Waals surface area contributed by atoms with E-state index in [4.69, 9.17) is 5.26 Å². The molecule has 7 nitrogen and oxygen atoms in total. The number of likely N-dealkylation sites (tertiary alicyclic amines) is 1. The summed E-state index contributed by atoms with van der Waals surface area (Å²) in [6, 6.07) is 8.29. The Hall–Kier alpha value is -2.88. The van der Waals surface area contributed by atoms with Gasteiger partial charge in [0.1, 0.15) is 6.04 Å². The molecular formula is C18H20N4O3. The van der Waals surface area contributed by atoms with Crippen LogP contribution < -0.4 is 10.6 Å². The number of nitrogens with zero attached hydrogens (tertiary/aromatic N) is 2. The number of nitrogens with one attached hydrogen (secondary N) is 2. The van der Waals surface area contributed by atoms with Crippen LogP contribution in [0.3, 0.4) is 0 Å². The molecule has 2 saturated heterocycles. The summed E-state index contributed by atoms with van der Waals surface area (Å²) in [7, 11) is 0. The molecule has 130 valence electrons. The van der Waals surface area contributed by atoms with Gasteiger partial charge in [0, 0.05) is 31.1 Å². The van der Waals surface area contributed by atoms with Crippen LogP contribution in [0.15, 0.2) is 24.3 Å². The van der Waals surface area contributed by atoms with E-state index < -0.39 is 6.04 Å². The smallest absolute Gasteiger partial charge is 0.253 e. The first-order valence-electron chi connectivity index (χ1n) is 8.46. The van der Waals surface area contributed by atoms with Crippen molar-refractivity contribution in [3.8, 4) is 6.07 Å². The molecule has 2 aliphatic rings. The number of hydrogen-bond donors (Lipinski definition) is 2. The largest absolute Gasteiger partial charge is 0.351 e. The molecule has 0 spiro atoms. The van der Waals surface area contributed by atoms with Crippen molar-refractivity contribution in [1.29, 1.82) is 5.26 Å². The van der Waals surface area contributed by atoms with E-state index in [1.165, 1.54) is 0 Å². The van der Waals surface area contributed by atoms with E-state index in [-0.39, 0.29) is 23.8 Å². The monoisotopic (exact) mass is 340 g/mol. The minimum absolute atomic E-state index is 0.0134. The maximum absolute atomic E-state index is 12.5. The Kier molecular flexibility index (Phi) is 4.98. The van der Waals surface area contributed by atoms with Crippen molar-refractivity contribution in [2.75, 3.05) is 13.1 Å². The summed E-state index contributed by atoms with van der Waals surface area (Å²) in [5.74, 6) is -0.317. The summed E-state index contributed by atoms with van der Waals surface area (Å²) < 4.78 is 0. The SMILES string of the molecule is N#Cc1cccc(C(=O)N2CCC(NC(=O)C3CCC(=O)N3)CC2)c1. The molecule has 2 N–H and O–H groups in total. The lowest BCUT2D eigenvalue weighted by molar-refractivity contribution is -0.126. The second kappa shape index (κ2) is 7.34. The van der Waals surface area contributed by atoms with Gasteiger partial charge in [0.15, 0.2) is 0 Å². The summed E-state index contributed by atoms with van der Waals surface area (Å²) >= 11 is 0. The quantitative estimate of drug-likeness (QED) is 0.839. The Morgan fingerprint density at radius 3 is 2.64 bits per heavy atom. The normalized spacial score (nSPS) is 20.7. The molecule has 2 heterocycles. The molecule has 1 aromatic carbocycles. The van der Waals surface area contributed by atoms with Crippen LogP contribution in [0.1, 0.15) is 41.6 Å². The fourth-order valence-electron chi connectivity index (χ4n) is 3.24. The molecule has 0 aliphatic carbocycles. The zero-order chi connectivity index (χ0) is 17.8. The lowest BCUT2D eigenvalue weighted by Gasteiger charge is -2.33. The van der Waals surface area contributed by atoms with Crippen LogP contribution in [0.25, 0.3) is 0 Å². The molecule has 25 heavy (non-hydrogen) atoms. The topological polar surface area (TPSA) is 102 Å². The molecule has 3 rings (SSSR count). The van der Waals surface area contributed by atoms with Gasteiger partial charge in [-0.15, -0.1) is 0 Å². The van der Waals surface area contributed by atoms with Gasteiger partial charge in [0.2, 0.25) is 11.8 Å². The first-order valence-corrected chi connectivity index (χ1v) is 8.46. The van der Waals surface area contributed by atoms with Crippen molar-refractivity contribution in [3.63, 3.8) is 0 Å². The summed E-state index contributed by atoms with van der Waals surface area (Å²) in [4.78, 5) is 37.6. The van der Waals surface area contributed by atoms with Gasteiger partial charge in [0.05, 0.1) is 11.6 Å².